The van der Waals surface area contributed by atoms with Crippen LogP contribution in [0.1, 0.15) is 0 Å². The van der Waals surface area contributed by atoms with Crippen LogP contribution in [0.3, 0.4) is 0 Å². The van der Waals surface area contributed by atoms with Crippen molar-refractivity contribution in [2.75, 3.05) is 0 Å². The fourth-order valence-electron chi connectivity index (χ4n) is 1.09. The summed E-state index contributed by atoms with van der Waals surface area (Å²) < 4.78 is 20.3. The monoisotopic (exact) mass is 345 g/mol. The van der Waals surface area contributed by atoms with E-state index < -0.39 is 5.82 Å². The number of hydrogen-bond donors (Lipinski definition) is 0. The minimum Gasteiger partial charge on any atom is -0.436 e. The van der Waals surface area contributed by atoms with Gasteiger partial charge < -0.3 is 4.74 Å². The number of ether oxygens (including phenoxy) is 1. The van der Waals surface area contributed by atoms with Gasteiger partial charge in [-0.3, -0.25) is 0 Å². The number of halogens is 3. The molecule has 16 heavy (non-hydrogen) atoms. The molecule has 0 unspecified atom stereocenters. The fourth-order valence-corrected chi connectivity index (χ4v) is 1.67. The number of aromatic nitrogens is 1. The summed E-state index contributed by atoms with van der Waals surface area (Å²) in [7, 11) is 0. The van der Waals surface area contributed by atoms with Crippen LogP contribution >= 0.6 is 31.9 Å². The van der Waals surface area contributed by atoms with Crippen LogP contribution in [-0.2, 0) is 0 Å². The fraction of sp³-hybridized carbons (Fsp3) is 0. The molecule has 0 spiro atoms. The number of hydrogen-bond acceptors (Lipinski definition) is 2. The van der Waals surface area contributed by atoms with E-state index in [2.05, 4.69) is 36.8 Å². The second-order valence-electron chi connectivity index (χ2n) is 2.99. The molecule has 2 aromatic rings. The number of nitrogens with zero attached hydrogens (tertiary/aromatic N) is 1. The van der Waals surface area contributed by atoms with Gasteiger partial charge in [0.05, 0.1) is 0 Å². The summed E-state index contributed by atoms with van der Waals surface area (Å²) in [6.07, 6.45) is 1.59. The Bertz CT molecular complexity index is 502. The molecule has 0 bridgehead atoms. The van der Waals surface area contributed by atoms with Crippen molar-refractivity contribution in [3.8, 4) is 11.6 Å². The molecular formula is C11H6Br2FNO. The van der Waals surface area contributed by atoms with E-state index in [1.54, 1.807) is 30.5 Å². The predicted octanol–water partition coefficient (Wildman–Crippen LogP) is 4.54. The summed E-state index contributed by atoms with van der Waals surface area (Å²) in [5.41, 5.74) is 0. The van der Waals surface area contributed by atoms with E-state index in [9.17, 15) is 4.39 Å². The summed E-state index contributed by atoms with van der Waals surface area (Å²) in [6.45, 7) is 0. The van der Waals surface area contributed by atoms with Crippen molar-refractivity contribution in [2.45, 2.75) is 0 Å². The highest BCUT2D eigenvalue weighted by atomic mass is 79.9. The van der Waals surface area contributed by atoms with E-state index in [1.165, 1.54) is 6.07 Å². The van der Waals surface area contributed by atoms with Gasteiger partial charge in [-0.15, -0.1) is 0 Å². The molecule has 0 atom stereocenters. The third kappa shape index (κ3) is 2.80. The minimum atomic E-state index is -0.423. The number of pyridine rings is 1. The van der Waals surface area contributed by atoms with Gasteiger partial charge in [0.1, 0.15) is 0 Å². The van der Waals surface area contributed by atoms with Crippen LogP contribution in [0, 0.1) is 5.82 Å². The molecule has 1 aromatic carbocycles. The Morgan fingerprint density at radius 3 is 2.50 bits per heavy atom. The topological polar surface area (TPSA) is 22.1 Å². The van der Waals surface area contributed by atoms with Crippen molar-refractivity contribution >= 4 is 31.9 Å². The number of benzene rings is 1. The van der Waals surface area contributed by atoms with Gasteiger partial charge in [0.25, 0.3) is 0 Å². The molecule has 2 rings (SSSR count). The third-order valence-corrected chi connectivity index (χ3v) is 2.77. The molecule has 0 N–H and O–H groups in total. The molecule has 1 aromatic heterocycles. The molecule has 2 nitrogen and oxygen atoms in total. The molecule has 0 aliphatic rings. The van der Waals surface area contributed by atoms with Crippen LogP contribution in [0.15, 0.2) is 45.5 Å². The van der Waals surface area contributed by atoms with Crippen molar-refractivity contribution in [1.82, 2.24) is 4.98 Å². The van der Waals surface area contributed by atoms with Crippen LogP contribution < -0.4 is 4.74 Å². The molecule has 0 aliphatic heterocycles. The van der Waals surface area contributed by atoms with Crippen LogP contribution in [-0.4, -0.2) is 4.98 Å². The summed E-state index contributed by atoms with van der Waals surface area (Å²) in [4.78, 5) is 3.99. The van der Waals surface area contributed by atoms with Gasteiger partial charge in [0.2, 0.25) is 5.88 Å². The van der Waals surface area contributed by atoms with Crippen molar-refractivity contribution in [1.29, 1.82) is 0 Å². The maximum atomic E-state index is 13.4. The first-order valence-corrected chi connectivity index (χ1v) is 5.98. The Balaban J connectivity index is 2.26. The normalized spacial score (nSPS) is 10.2. The highest BCUT2D eigenvalue weighted by Gasteiger charge is 2.05. The maximum absolute atomic E-state index is 13.4. The SMILES string of the molecule is Fc1ccc(Br)cc1Oc1ccc(Br)cn1. The van der Waals surface area contributed by atoms with Crippen LogP contribution in [0.2, 0.25) is 0 Å². The first-order chi connectivity index (χ1) is 7.65. The highest BCUT2D eigenvalue weighted by Crippen LogP contribution is 2.26. The van der Waals surface area contributed by atoms with E-state index in [1.807, 2.05) is 0 Å². The molecule has 82 valence electrons. The van der Waals surface area contributed by atoms with Gasteiger partial charge in [-0.05, 0) is 40.2 Å². The minimum absolute atomic E-state index is 0.143. The van der Waals surface area contributed by atoms with Crippen LogP contribution in [0.5, 0.6) is 11.6 Å². The van der Waals surface area contributed by atoms with Gasteiger partial charge in [0, 0.05) is 21.2 Å². The molecule has 0 radical (unpaired) electrons. The zero-order valence-corrected chi connectivity index (χ0v) is 11.1. The Kier molecular flexibility index (Phi) is 3.56. The van der Waals surface area contributed by atoms with E-state index >= 15 is 0 Å². The van der Waals surface area contributed by atoms with Gasteiger partial charge >= 0.3 is 0 Å². The summed E-state index contributed by atoms with van der Waals surface area (Å²) >= 11 is 6.50. The Morgan fingerprint density at radius 1 is 1.06 bits per heavy atom. The Hall–Kier alpha value is -0.940. The highest BCUT2D eigenvalue weighted by molar-refractivity contribution is 9.10. The lowest BCUT2D eigenvalue weighted by molar-refractivity contribution is 0.427. The lowest BCUT2D eigenvalue weighted by Gasteiger charge is -2.05. The van der Waals surface area contributed by atoms with Gasteiger partial charge in [0.15, 0.2) is 11.6 Å². The number of rotatable bonds is 2. The standard InChI is InChI=1S/C11H6Br2FNO/c12-7-1-3-9(14)10(5-7)16-11-4-2-8(13)6-15-11/h1-6H. The molecule has 0 saturated carbocycles. The Labute approximate surface area is 109 Å². The second kappa shape index (κ2) is 4.93. The predicted molar refractivity (Wildman–Crippen MR) is 66.1 cm³/mol. The average Bonchev–Trinajstić information content (AvgIpc) is 2.27. The quantitative estimate of drug-likeness (QED) is 0.796. The van der Waals surface area contributed by atoms with E-state index in [0.29, 0.717) is 5.88 Å². The van der Waals surface area contributed by atoms with E-state index in [0.717, 1.165) is 8.95 Å². The second-order valence-corrected chi connectivity index (χ2v) is 4.82. The molecule has 1 heterocycles. The smallest absolute Gasteiger partial charge is 0.219 e. The van der Waals surface area contributed by atoms with Gasteiger partial charge in [-0.25, -0.2) is 9.37 Å². The molecule has 0 aliphatic carbocycles. The maximum Gasteiger partial charge on any atom is 0.219 e. The molecule has 0 amide bonds. The summed E-state index contributed by atoms with van der Waals surface area (Å²) in [5, 5.41) is 0. The molecule has 0 fully saturated rings. The third-order valence-electron chi connectivity index (χ3n) is 1.81. The Morgan fingerprint density at radius 2 is 1.81 bits per heavy atom. The van der Waals surface area contributed by atoms with Crippen LogP contribution in [0.4, 0.5) is 4.39 Å². The van der Waals surface area contributed by atoms with Crippen LogP contribution in [0.25, 0.3) is 0 Å². The lowest BCUT2D eigenvalue weighted by atomic mass is 10.3. The molecule has 5 heteroatoms. The lowest BCUT2D eigenvalue weighted by Crippen LogP contribution is -1.90. The van der Waals surface area contributed by atoms with Gasteiger partial charge in [-0.2, -0.15) is 0 Å². The molecular weight excluding hydrogens is 341 g/mol. The van der Waals surface area contributed by atoms with E-state index in [4.69, 9.17) is 4.74 Å². The van der Waals surface area contributed by atoms with E-state index in [-0.39, 0.29) is 5.75 Å². The average molecular weight is 347 g/mol. The first kappa shape index (κ1) is 11.5. The summed E-state index contributed by atoms with van der Waals surface area (Å²) in [5.74, 6) is 0.0670. The largest absolute Gasteiger partial charge is 0.436 e. The zero-order chi connectivity index (χ0) is 11.5. The van der Waals surface area contributed by atoms with Crippen molar-refractivity contribution in [3.05, 3.63) is 51.3 Å². The van der Waals surface area contributed by atoms with Crippen molar-refractivity contribution in [3.63, 3.8) is 0 Å². The first-order valence-electron chi connectivity index (χ1n) is 4.39. The summed E-state index contributed by atoms with van der Waals surface area (Å²) in [6, 6.07) is 7.93. The molecule has 0 saturated heterocycles. The van der Waals surface area contributed by atoms with Crippen molar-refractivity contribution in [2.24, 2.45) is 0 Å². The van der Waals surface area contributed by atoms with Crippen molar-refractivity contribution < 1.29 is 9.13 Å². The zero-order valence-electron chi connectivity index (χ0n) is 7.95. The van der Waals surface area contributed by atoms with Gasteiger partial charge in [-0.1, -0.05) is 15.9 Å².